The normalized spacial score (nSPS) is 17.2. The summed E-state index contributed by atoms with van der Waals surface area (Å²) in [6, 6.07) is 12.6. The minimum Gasteiger partial charge on any atom is -0.351 e. The third-order valence-electron chi connectivity index (χ3n) is 3.91. The maximum atomic E-state index is 12.9. The van der Waals surface area contributed by atoms with Crippen molar-refractivity contribution in [2.24, 2.45) is 0 Å². The fourth-order valence-corrected chi connectivity index (χ4v) is 2.87. The summed E-state index contributed by atoms with van der Waals surface area (Å²) >= 11 is 5.86. The Morgan fingerprint density at radius 2 is 1.83 bits per heavy atom. The molecule has 1 saturated heterocycles. The van der Waals surface area contributed by atoms with Gasteiger partial charge < -0.3 is 10.2 Å². The molecular weight excluding hydrogens is 331 g/mol. The highest BCUT2D eigenvalue weighted by Crippen LogP contribution is 2.23. The summed E-state index contributed by atoms with van der Waals surface area (Å²) in [4.78, 5) is 25.9. The van der Waals surface area contributed by atoms with Crippen molar-refractivity contribution in [3.05, 3.63) is 64.9 Å². The second kappa shape index (κ2) is 7.01. The van der Waals surface area contributed by atoms with E-state index in [-0.39, 0.29) is 36.5 Å². The van der Waals surface area contributed by atoms with E-state index in [1.54, 1.807) is 41.3 Å². The quantitative estimate of drug-likeness (QED) is 0.925. The van der Waals surface area contributed by atoms with Crippen LogP contribution in [-0.4, -0.2) is 24.4 Å². The second-order valence-corrected chi connectivity index (χ2v) is 6.19. The van der Waals surface area contributed by atoms with Gasteiger partial charge in [0.2, 0.25) is 11.8 Å². The van der Waals surface area contributed by atoms with Crippen molar-refractivity contribution in [3.63, 3.8) is 0 Å². The molecule has 1 fully saturated rings. The number of halogens is 2. The van der Waals surface area contributed by atoms with E-state index in [0.29, 0.717) is 11.6 Å². The van der Waals surface area contributed by atoms with Gasteiger partial charge in [-0.25, -0.2) is 4.39 Å². The van der Waals surface area contributed by atoms with Crippen molar-refractivity contribution in [3.8, 4) is 0 Å². The van der Waals surface area contributed by atoms with Crippen molar-refractivity contribution < 1.29 is 14.0 Å². The zero-order valence-corrected chi connectivity index (χ0v) is 13.6. The summed E-state index contributed by atoms with van der Waals surface area (Å²) in [7, 11) is 0. The lowest BCUT2D eigenvalue weighted by Crippen LogP contribution is -2.38. The Labute approximate surface area is 144 Å². The first kappa shape index (κ1) is 16.5. The molecule has 0 radical (unpaired) electrons. The second-order valence-electron chi connectivity index (χ2n) is 5.75. The molecule has 6 heteroatoms. The number of nitrogens with zero attached hydrogens (tertiary/aromatic N) is 1. The number of rotatable bonds is 4. The summed E-state index contributed by atoms with van der Waals surface area (Å²) in [5, 5.41) is 3.47. The SMILES string of the molecule is O=C(Cc1ccc(F)cc1)NC1CC(=O)N(c2ccc(Cl)cc2)C1. The highest BCUT2D eigenvalue weighted by Gasteiger charge is 2.31. The minimum absolute atomic E-state index is 0.0376. The smallest absolute Gasteiger partial charge is 0.229 e. The highest BCUT2D eigenvalue weighted by molar-refractivity contribution is 6.30. The van der Waals surface area contributed by atoms with E-state index in [1.165, 1.54) is 12.1 Å². The molecule has 1 atom stereocenters. The number of hydrogen-bond acceptors (Lipinski definition) is 2. The molecule has 2 aromatic rings. The Morgan fingerprint density at radius 1 is 1.17 bits per heavy atom. The largest absolute Gasteiger partial charge is 0.351 e. The predicted octanol–water partition coefficient (Wildman–Crippen LogP) is 2.94. The average molecular weight is 347 g/mol. The van der Waals surface area contributed by atoms with Gasteiger partial charge in [-0.3, -0.25) is 9.59 Å². The molecule has 4 nitrogen and oxygen atoms in total. The van der Waals surface area contributed by atoms with Crippen LogP contribution in [0.5, 0.6) is 0 Å². The van der Waals surface area contributed by atoms with Crippen LogP contribution in [0.25, 0.3) is 0 Å². The number of carbonyl (C=O) groups excluding carboxylic acids is 2. The van der Waals surface area contributed by atoms with E-state index < -0.39 is 0 Å². The van der Waals surface area contributed by atoms with Crippen molar-refractivity contribution >= 4 is 29.1 Å². The zero-order valence-electron chi connectivity index (χ0n) is 12.8. The average Bonchev–Trinajstić information content (AvgIpc) is 2.90. The first-order valence-electron chi connectivity index (χ1n) is 7.61. The molecule has 0 aliphatic carbocycles. The van der Waals surface area contributed by atoms with Crippen LogP contribution in [0.3, 0.4) is 0 Å². The molecule has 1 aliphatic heterocycles. The number of hydrogen-bond donors (Lipinski definition) is 1. The Bertz CT molecular complexity index is 747. The molecule has 0 bridgehead atoms. The van der Waals surface area contributed by atoms with Crippen LogP contribution in [0, 0.1) is 5.82 Å². The number of benzene rings is 2. The molecular formula is C18H16ClFN2O2. The van der Waals surface area contributed by atoms with E-state index in [0.717, 1.165) is 11.3 Å². The van der Waals surface area contributed by atoms with Crippen LogP contribution in [-0.2, 0) is 16.0 Å². The summed E-state index contributed by atoms with van der Waals surface area (Å²) in [6.45, 7) is 0.426. The van der Waals surface area contributed by atoms with Gasteiger partial charge in [0.05, 0.1) is 12.5 Å². The number of anilines is 1. The summed E-state index contributed by atoms with van der Waals surface area (Å²) < 4.78 is 12.9. The minimum atomic E-state index is -0.334. The van der Waals surface area contributed by atoms with Gasteiger partial charge in [-0.15, -0.1) is 0 Å². The number of amides is 2. The van der Waals surface area contributed by atoms with E-state index in [4.69, 9.17) is 11.6 Å². The Morgan fingerprint density at radius 3 is 2.50 bits per heavy atom. The van der Waals surface area contributed by atoms with Gasteiger partial charge in [0.25, 0.3) is 0 Å². The highest BCUT2D eigenvalue weighted by atomic mass is 35.5. The molecule has 24 heavy (non-hydrogen) atoms. The van der Waals surface area contributed by atoms with Gasteiger partial charge in [-0.2, -0.15) is 0 Å². The van der Waals surface area contributed by atoms with Crippen LogP contribution in [0.15, 0.2) is 48.5 Å². The van der Waals surface area contributed by atoms with Gasteiger partial charge >= 0.3 is 0 Å². The standard InChI is InChI=1S/C18H16ClFN2O2/c19-13-3-7-16(8-4-13)22-11-15(10-18(22)24)21-17(23)9-12-1-5-14(20)6-2-12/h1-8,15H,9-11H2,(H,21,23). The molecule has 1 N–H and O–H groups in total. The molecule has 2 aromatic carbocycles. The van der Waals surface area contributed by atoms with Crippen LogP contribution in [0.4, 0.5) is 10.1 Å². The van der Waals surface area contributed by atoms with Gasteiger partial charge in [-0.1, -0.05) is 23.7 Å². The molecule has 0 saturated carbocycles. The van der Waals surface area contributed by atoms with Crippen molar-refractivity contribution in [1.29, 1.82) is 0 Å². The van der Waals surface area contributed by atoms with Gasteiger partial charge in [-0.05, 0) is 42.0 Å². The van der Waals surface area contributed by atoms with Crippen LogP contribution in [0.1, 0.15) is 12.0 Å². The van der Waals surface area contributed by atoms with E-state index in [2.05, 4.69) is 5.32 Å². The third-order valence-corrected chi connectivity index (χ3v) is 4.16. The summed E-state index contributed by atoms with van der Waals surface area (Å²) in [5.41, 5.74) is 1.49. The maximum absolute atomic E-state index is 12.9. The molecule has 1 unspecified atom stereocenters. The van der Waals surface area contributed by atoms with Crippen molar-refractivity contribution in [2.75, 3.05) is 11.4 Å². The molecule has 3 rings (SSSR count). The Hall–Kier alpha value is -2.40. The lowest BCUT2D eigenvalue weighted by molar-refractivity contribution is -0.121. The summed E-state index contributed by atoms with van der Waals surface area (Å²) in [5.74, 6) is -0.555. The predicted molar refractivity (Wildman–Crippen MR) is 90.5 cm³/mol. The number of carbonyl (C=O) groups is 2. The first-order valence-corrected chi connectivity index (χ1v) is 7.99. The van der Waals surface area contributed by atoms with Crippen LogP contribution < -0.4 is 10.2 Å². The van der Waals surface area contributed by atoms with Crippen LogP contribution in [0.2, 0.25) is 5.02 Å². The molecule has 2 amide bonds. The monoisotopic (exact) mass is 346 g/mol. The molecule has 124 valence electrons. The zero-order chi connectivity index (χ0) is 17.1. The lowest BCUT2D eigenvalue weighted by atomic mass is 10.1. The third kappa shape index (κ3) is 3.92. The first-order chi connectivity index (χ1) is 11.5. The van der Waals surface area contributed by atoms with E-state index in [1.807, 2.05) is 0 Å². The molecule has 0 spiro atoms. The van der Waals surface area contributed by atoms with Gasteiger partial charge in [0, 0.05) is 23.7 Å². The van der Waals surface area contributed by atoms with E-state index >= 15 is 0 Å². The number of nitrogens with one attached hydrogen (secondary N) is 1. The van der Waals surface area contributed by atoms with Gasteiger partial charge in [0.15, 0.2) is 0 Å². The van der Waals surface area contributed by atoms with Crippen molar-refractivity contribution in [2.45, 2.75) is 18.9 Å². The van der Waals surface area contributed by atoms with Gasteiger partial charge in [0.1, 0.15) is 5.82 Å². The Balaban J connectivity index is 1.58. The topological polar surface area (TPSA) is 49.4 Å². The lowest BCUT2D eigenvalue weighted by Gasteiger charge is -2.17. The van der Waals surface area contributed by atoms with Crippen molar-refractivity contribution in [1.82, 2.24) is 5.32 Å². The maximum Gasteiger partial charge on any atom is 0.229 e. The Kier molecular flexibility index (Phi) is 4.81. The molecule has 1 aliphatic rings. The van der Waals surface area contributed by atoms with Crippen LogP contribution >= 0.6 is 11.6 Å². The molecule has 1 heterocycles. The molecule has 0 aromatic heterocycles. The van der Waals surface area contributed by atoms with E-state index in [9.17, 15) is 14.0 Å². The fourth-order valence-electron chi connectivity index (χ4n) is 2.74. The summed E-state index contributed by atoms with van der Waals surface area (Å²) in [6.07, 6.45) is 0.420. The fraction of sp³-hybridized carbons (Fsp3) is 0.222.